The molecule has 8 nitrogen and oxygen atoms in total. The third-order valence-corrected chi connectivity index (χ3v) is 4.25. The molecule has 3 aromatic rings. The SMILES string of the molecule is OC[C@H]1OC(n2cnc3c(C#Cc4ccccc4)ncnc32)[C@H](O)[C@@H]1O. The highest BCUT2D eigenvalue weighted by atomic mass is 16.6. The maximum atomic E-state index is 10.2. The Bertz CT molecular complexity index is 979. The number of nitrogens with zero attached hydrogens (tertiary/aromatic N) is 4. The summed E-state index contributed by atoms with van der Waals surface area (Å²) >= 11 is 0. The van der Waals surface area contributed by atoms with E-state index in [0.29, 0.717) is 16.9 Å². The second kappa shape index (κ2) is 6.82. The molecular formula is C18H16N4O4. The van der Waals surface area contributed by atoms with Crippen molar-refractivity contribution < 1.29 is 20.1 Å². The molecule has 0 amide bonds. The molecule has 1 aromatic carbocycles. The van der Waals surface area contributed by atoms with Crippen molar-refractivity contribution in [2.75, 3.05) is 6.61 Å². The number of imidazole rings is 1. The molecule has 4 atom stereocenters. The van der Waals surface area contributed by atoms with E-state index < -0.39 is 31.1 Å². The number of aromatic nitrogens is 4. The van der Waals surface area contributed by atoms with Gasteiger partial charge in [0, 0.05) is 5.56 Å². The summed E-state index contributed by atoms with van der Waals surface area (Å²) in [5, 5.41) is 29.4. The summed E-state index contributed by atoms with van der Waals surface area (Å²) in [6.07, 6.45) is -1.37. The smallest absolute Gasteiger partial charge is 0.166 e. The van der Waals surface area contributed by atoms with Crippen molar-refractivity contribution in [3.8, 4) is 11.8 Å². The van der Waals surface area contributed by atoms with Crippen LogP contribution >= 0.6 is 0 Å². The Kier molecular flexibility index (Phi) is 4.36. The van der Waals surface area contributed by atoms with E-state index in [4.69, 9.17) is 4.74 Å². The third-order valence-electron chi connectivity index (χ3n) is 4.25. The largest absolute Gasteiger partial charge is 0.394 e. The maximum absolute atomic E-state index is 10.2. The number of aliphatic hydroxyl groups is 3. The normalized spacial score (nSPS) is 25.2. The van der Waals surface area contributed by atoms with Crippen LogP contribution in [0.25, 0.3) is 11.2 Å². The van der Waals surface area contributed by atoms with Crippen LogP contribution in [-0.2, 0) is 4.74 Å². The molecule has 132 valence electrons. The Balaban J connectivity index is 1.71. The molecule has 8 heteroatoms. The molecule has 1 saturated heterocycles. The lowest BCUT2D eigenvalue weighted by Gasteiger charge is -2.16. The molecule has 0 radical (unpaired) electrons. The highest BCUT2D eigenvalue weighted by molar-refractivity contribution is 5.76. The first-order valence-electron chi connectivity index (χ1n) is 8.06. The van der Waals surface area contributed by atoms with Crippen molar-refractivity contribution >= 4 is 11.2 Å². The molecule has 1 fully saturated rings. The molecule has 2 aromatic heterocycles. The van der Waals surface area contributed by atoms with Gasteiger partial charge in [0.05, 0.1) is 12.9 Å². The van der Waals surface area contributed by atoms with Crippen LogP contribution in [0.1, 0.15) is 17.5 Å². The predicted molar refractivity (Wildman–Crippen MR) is 90.8 cm³/mol. The predicted octanol–water partition coefficient (Wildman–Crippen LogP) is -0.162. The Morgan fingerprint density at radius 3 is 2.58 bits per heavy atom. The van der Waals surface area contributed by atoms with Crippen LogP contribution in [0.5, 0.6) is 0 Å². The van der Waals surface area contributed by atoms with Gasteiger partial charge >= 0.3 is 0 Å². The number of hydrogen-bond acceptors (Lipinski definition) is 7. The zero-order chi connectivity index (χ0) is 18.1. The number of hydrogen-bond donors (Lipinski definition) is 3. The summed E-state index contributed by atoms with van der Waals surface area (Å²) < 4.78 is 7.04. The molecule has 1 aliphatic heterocycles. The lowest BCUT2D eigenvalue weighted by atomic mass is 10.1. The molecule has 0 spiro atoms. The van der Waals surface area contributed by atoms with Gasteiger partial charge in [0.2, 0.25) is 0 Å². The average molecular weight is 352 g/mol. The summed E-state index contributed by atoms with van der Waals surface area (Å²) in [6.45, 7) is -0.399. The number of rotatable bonds is 2. The molecule has 1 aliphatic rings. The topological polar surface area (TPSA) is 114 Å². The lowest BCUT2D eigenvalue weighted by molar-refractivity contribution is -0.0511. The Hall–Kier alpha value is -2.83. The van der Waals surface area contributed by atoms with Crippen molar-refractivity contribution in [1.29, 1.82) is 0 Å². The minimum absolute atomic E-state index is 0.399. The molecular weight excluding hydrogens is 336 g/mol. The van der Waals surface area contributed by atoms with Gasteiger partial charge in [-0.2, -0.15) is 0 Å². The van der Waals surface area contributed by atoms with Crippen molar-refractivity contribution in [2.24, 2.45) is 0 Å². The summed E-state index contributed by atoms with van der Waals surface area (Å²) in [4.78, 5) is 12.7. The van der Waals surface area contributed by atoms with Crippen LogP contribution in [0.3, 0.4) is 0 Å². The van der Waals surface area contributed by atoms with E-state index in [9.17, 15) is 15.3 Å². The van der Waals surface area contributed by atoms with Gasteiger partial charge in [0.15, 0.2) is 11.9 Å². The summed E-state index contributed by atoms with van der Waals surface area (Å²) in [6, 6.07) is 9.50. The van der Waals surface area contributed by atoms with Gasteiger partial charge in [-0.1, -0.05) is 24.1 Å². The third kappa shape index (κ3) is 2.83. The molecule has 3 heterocycles. The second-order valence-electron chi connectivity index (χ2n) is 5.89. The van der Waals surface area contributed by atoms with Crippen molar-refractivity contribution in [2.45, 2.75) is 24.5 Å². The van der Waals surface area contributed by atoms with Gasteiger partial charge in [-0.05, 0) is 18.1 Å². The molecule has 0 bridgehead atoms. The number of ether oxygens (including phenoxy) is 1. The van der Waals surface area contributed by atoms with E-state index in [1.807, 2.05) is 30.3 Å². The van der Waals surface area contributed by atoms with Crippen LogP contribution in [0.15, 0.2) is 43.0 Å². The fraction of sp³-hybridized carbons (Fsp3) is 0.278. The van der Waals surface area contributed by atoms with E-state index in [1.54, 1.807) is 0 Å². The highest BCUT2D eigenvalue weighted by Crippen LogP contribution is 2.31. The maximum Gasteiger partial charge on any atom is 0.166 e. The fourth-order valence-corrected chi connectivity index (χ4v) is 2.89. The molecule has 4 rings (SSSR count). The molecule has 3 N–H and O–H groups in total. The van der Waals surface area contributed by atoms with Crippen LogP contribution in [0, 0.1) is 11.8 Å². The van der Waals surface area contributed by atoms with E-state index in [2.05, 4.69) is 26.8 Å². The van der Waals surface area contributed by atoms with Crippen molar-refractivity contribution in [1.82, 2.24) is 19.5 Å². The summed E-state index contributed by atoms with van der Waals surface area (Å²) in [5.41, 5.74) is 2.19. The molecule has 0 aliphatic carbocycles. The van der Waals surface area contributed by atoms with E-state index in [0.717, 1.165) is 5.56 Å². The monoisotopic (exact) mass is 352 g/mol. The summed E-state index contributed by atoms with van der Waals surface area (Å²) in [7, 11) is 0. The van der Waals surface area contributed by atoms with Crippen LogP contribution in [-0.4, -0.2) is 59.8 Å². The molecule has 1 unspecified atom stereocenters. The van der Waals surface area contributed by atoms with Gasteiger partial charge in [0.1, 0.15) is 35.8 Å². The van der Waals surface area contributed by atoms with E-state index >= 15 is 0 Å². The molecule has 0 saturated carbocycles. The fourth-order valence-electron chi connectivity index (χ4n) is 2.89. The minimum Gasteiger partial charge on any atom is -0.394 e. The Morgan fingerprint density at radius 1 is 1.04 bits per heavy atom. The Labute approximate surface area is 148 Å². The van der Waals surface area contributed by atoms with Crippen molar-refractivity contribution in [3.05, 3.63) is 54.2 Å². The minimum atomic E-state index is -1.21. The van der Waals surface area contributed by atoms with Crippen LogP contribution < -0.4 is 0 Å². The summed E-state index contributed by atoms with van der Waals surface area (Å²) in [5.74, 6) is 6.00. The van der Waals surface area contributed by atoms with E-state index in [1.165, 1.54) is 17.2 Å². The standard InChI is InChI=1S/C18H16N4O4/c23-8-13-15(24)16(25)18(26-13)22-10-21-14-12(19-9-20-17(14)22)7-6-11-4-2-1-3-5-11/h1-5,9-10,13,15-16,18,23-25H,8H2/t13-,15-,16-,18?/m1/s1. The first-order chi connectivity index (χ1) is 12.7. The van der Waals surface area contributed by atoms with Crippen LogP contribution in [0.2, 0.25) is 0 Å². The first kappa shape index (κ1) is 16.6. The quantitative estimate of drug-likeness (QED) is 0.549. The lowest BCUT2D eigenvalue weighted by Crippen LogP contribution is -2.33. The van der Waals surface area contributed by atoms with E-state index in [-0.39, 0.29) is 0 Å². The van der Waals surface area contributed by atoms with Crippen molar-refractivity contribution in [3.63, 3.8) is 0 Å². The van der Waals surface area contributed by atoms with Gasteiger partial charge in [-0.15, -0.1) is 0 Å². The Morgan fingerprint density at radius 2 is 1.85 bits per heavy atom. The zero-order valence-corrected chi connectivity index (χ0v) is 13.6. The first-order valence-corrected chi connectivity index (χ1v) is 8.06. The number of aliphatic hydroxyl groups excluding tert-OH is 3. The number of benzene rings is 1. The number of fused-ring (bicyclic) bond motifs is 1. The zero-order valence-electron chi connectivity index (χ0n) is 13.6. The average Bonchev–Trinajstić information content (AvgIpc) is 3.23. The van der Waals surface area contributed by atoms with Gasteiger partial charge in [-0.25, -0.2) is 15.0 Å². The highest BCUT2D eigenvalue weighted by Gasteiger charge is 2.43. The molecule has 26 heavy (non-hydrogen) atoms. The van der Waals surface area contributed by atoms with Gasteiger partial charge in [-0.3, -0.25) is 4.57 Å². The van der Waals surface area contributed by atoms with Gasteiger partial charge in [0.25, 0.3) is 0 Å². The van der Waals surface area contributed by atoms with Gasteiger partial charge < -0.3 is 20.1 Å². The second-order valence-corrected chi connectivity index (χ2v) is 5.89. The van der Waals surface area contributed by atoms with Crippen LogP contribution in [0.4, 0.5) is 0 Å².